The fourth-order valence-electron chi connectivity index (χ4n) is 5.38. The summed E-state index contributed by atoms with van der Waals surface area (Å²) < 4.78 is 0. The number of fused-ring (bicyclic) bond motifs is 5. The molecule has 2 amide bonds. The number of aryl methyl sites for hydroxylation is 1. The zero-order chi connectivity index (χ0) is 16.4. The highest BCUT2D eigenvalue weighted by Gasteiger charge is 2.62. The monoisotopic (exact) mass is 319 g/mol. The van der Waals surface area contributed by atoms with Gasteiger partial charge in [0.25, 0.3) is 0 Å². The van der Waals surface area contributed by atoms with Crippen LogP contribution in [0.5, 0.6) is 0 Å². The second-order valence-corrected chi connectivity index (χ2v) is 7.55. The van der Waals surface area contributed by atoms with Crippen molar-refractivity contribution in [3.8, 4) is 0 Å². The molecule has 0 spiro atoms. The van der Waals surface area contributed by atoms with Crippen LogP contribution in [0.3, 0.4) is 0 Å². The van der Waals surface area contributed by atoms with Crippen molar-refractivity contribution < 1.29 is 9.59 Å². The van der Waals surface area contributed by atoms with Crippen LogP contribution < -0.4 is 4.90 Å². The number of hydrogen-bond acceptors (Lipinski definition) is 2. The van der Waals surface area contributed by atoms with E-state index in [-0.39, 0.29) is 35.5 Å². The zero-order valence-corrected chi connectivity index (χ0v) is 13.9. The highest BCUT2D eigenvalue weighted by atomic mass is 16.2. The van der Waals surface area contributed by atoms with Crippen molar-refractivity contribution in [3.05, 3.63) is 53.1 Å². The van der Waals surface area contributed by atoms with Crippen molar-refractivity contribution >= 4 is 17.5 Å². The van der Waals surface area contributed by atoms with Gasteiger partial charge in [0.05, 0.1) is 17.5 Å². The van der Waals surface area contributed by atoms with Crippen molar-refractivity contribution in [2.75, 3.05) is 4.90 Å². The number of carbonyl (C=O) groups excluding carboxylic acids is 2. The fraction of sp³-hybridized carbons (Fsp3) is 0.429. The number of amides is 2. The minimum absolute atomic E-state index is 0.00671. The smallest absolute Gasteiger partial charge is 0.238 e. The van der Waals surface area contributed by atoms with E-state index in [4.69, 9.17) is 0 Å². The van der Waals surface area contributed by atoms with Gasteiger partial charge in [-0.05, 0) is 44.2 Å². The molecule has 0 radical (unpaired) electrons. The highest BCUT2D eigenvalue weighted by Crippen LogP contribution is 2.58. The van der Waals surface area contributed by atoms with E-state index in [1.165, 1.54) is 28.9 Å². The summed E-state index contributed by atoms with van der Waals surface area (Å²) in [5.41, 5.74) is 4.70. The van der Waals surface area contributed by atoms with Crippen molar-refractivity contribution in [1.29, 1.82) is 0 Å². The first-order valence-corrected chi connectivity index (χ1v) is 9.02. The number of para-hydroxylation sites is 1. The van der Waals surface area contributed by atoms with E-state index in [1.54, 1.807) is 0 Å². The predicted octanol–water partition coefficient (Wildman–Crippen LogP) is 3.79. The summed E-state index contributed by atoms with van der Waals surface area (Å²) >= 11 is 0. The second-order valence-electron chi connectivity index (χ2n) is 7.55. The first-order chi connectivity index (χ1) is 11.7. The normalized spacial score (nSPS) is 34.0. The van der Waals surface area contributed by atoms with Crippen LogP contribution >= 0.6 is 0 Å². The summed E-state index contributed by atoms with van der Waals surface area (Å²) in [4.78, 5) is 27.8. The van der Waals surface area contributed by atoms with Crippen LogP contribution in [0.1, 0.15) is 31.2 Å². The number of anilines is 1. The van der Waals surface area contributed by atoms with Gasteiger partial charge >= 0.3 is 0 Å². The lowest BCUT2D eigenvalue weighted by molar-refractivity contribution is -0.122. The molecule has 1 heterocycles. The predicted molar refractivity (Wildman–Crippen MR) is 92.3 cm³/mol. The van der Waals surface area contributed by atoms with Gasteiger partial charge in [-0.15, -0.1) is 0 Å². The van der Waals surface area contributed by atoms with Gasteiger partial charge in [0.2, 0.25) is 11.8 Å². The van der Waals surface area contributed by atoms with Gasteiger partial charge < -0.3 is 0 Å². The molecule has 4 aliphatic rings. The summed E-state index contributed by atoms with van der Waals surface area (Å²) in [6.45, 7) is 1.96. The average Bonchev–Trinajstić information content (AvgIpc) is 3.32. The summed E-state index contributed by atoms with van der Waals surface area (Å²) in [5.74, 6) is 0.00189. The van der Waals surface area contributed by atoms with Crippen molar-refractivity contribution in [2.24, 2.45) is 23.7 Å². The Labute approximate surface area is 142 Å². The molecule has 3 heteroatoms. The summed E-state index contributed by atoms with van der Waals surface area (Å²) in [5, 5.41) is 0. The molecule has 24 heavy (non-hydrogen) atoms. The van der Waals surface area contributed by atoms with Crippen molar-refractivity contribution in [1.82, 2.24) is 0 Å². The first-order valence-electron chi connectivity index (χ1n) is 9.02. The fourth-order valence-corrected chi connectivity index (χ4v) is 5.38. The number of benzene rings is 1. The highest BCUT2D eigenvalue weighted by molar-refractivity contribution is 6.23. The van der Waals surface area contributed by atoms with E-state index in [1.807, 2.05) is 31.2 Å². The number of nitrogens with zero attached hydrogens (tertiary/aromatic N) is 1. The minimum Gasteiger partial charge on any atom is -0.274 e. The molecule has 2 bridgehead atoms. The van der Waals surface area contributed by atoms with Gasteiger partial charge in [0, 0.05) is 11.8 Å². The van der Waals surface area contributed by atoms with Crippen molar-refractivity contribution in [3.63, 3.8) is 0 Å². The molecule has 3 aliphatic carbocycles. The second kappa shape index (κ2) is 4.92. The standard InChI is InChI=1S/C21H21NO2/c1-12-6-2-5-9-16(12)22-20(23)18-14-10-11-15(19(18)21(22)24)17(14)13-7-3-4-8-13/h2,5-6,9-11,14-15,18-19H,3-4,7-8H2,1H3/t14-,15-,18-,19+/m1/s1. The molecule has 3 nitrogen and oxygen atoms in total. The van der Waals surface area contributed by atoms with E-state index in [2.05, 4.69) is 12.2 Å². The molecule has 1 saturated heterocycles. The largest absolute Gasteiger partial charge is 0.274 e. The molecule has 1 aromatic carbocycles. The van der Waals surface area contributed by atoms with Gasteiger partial charge in [-0.3, -0.25) is 9.59 Å². The van der Waals surface area contributed by atoms with Crippen LogP contribution in [0, 0.1) is 30.6 Å². The Hall–Kier alpha value is -2.16. The number of hydrogen-bond donors (Lipinski definition) is 0. The number of allylic oxidation sites excluding steroid dienone is 4. The van der Waals surface area contributed by atoms with E-state index in [9.17, 15) is 9.59 Å². The van der Waals surface area contributed by atoms with Gasteiger partial charge in [-0.1, -0.05) is 41.5 Å². The van der Waals surface area contributed by atoms with Crippen molar-refractivity contribution in [2.45, 2.75) is 32.6 Å². The van der Waals surface area contributed by atoms with Gasteiger partial charge in [-0.25, -0.2) is 4.90 Å². The third-order valence-electron chi connectivity index (χ3n) is 6.39. The van der Waals surface area contributed by atoms with E-state index < -0.39 is 0 Å². The van der Waals surface area contributed by atoms with E-state index in [0.717, 1.165) is 24.1 Å². The number of imide groups is 1. The van der Waals surface area contributed by atoms with Crippen LogP contribution in [0.25, 0.3) is 0 Å². The van der Waals surface area contributed by atoms with Gasteiger partial charge in [-0.2, -0.15) is 0 Å². The van der Waals surface area contributed by atoms with E-state index in [0.29, 0.717) is 0 Å². The van der Waals surface area contributed by atoms with Gasteiger partial charge in [0.1, 0.15) is 0 Å². The number of rotatable bonds is 1. The Bertz CT molecular complexity index is 777. The number of carbonyl (C=O) groups is 2. The average molecular weight is 319 g/mol. The Morgan fingerprint density at radius 1 is 0.917 bits per heavy atom. The Morgan fingerprint density at radius 3 is 2.08 bits per heavy atom. The Kier molecular flexibility index (Phi) is 2.91. The maximum atomic E-state index is 13.1. The molecular weight excluding hydrogens is 298 g/mol. The molecule has 0 aromatic heterocycles. The Morgan fingerprint density at radius 2 is 1.50 bits per heavy atom. The van der Waals surface area contributed by atoms with Crippen LogP contribution in [0.2, 0.25) is 0 Å². The summed E-state index contributed by atoms with van der Waals surface area (Å²) in [6, 6.07) is 7.69. The molecule has 5 rings (SSSR count). The van der Waals surface area contributed by atoms with Crippen LogP contribution in [-0.2, 0) is 9.59 Å². The molecule has 2 saturated carbocycles. The molecule has 1 aromatic rings. The molecule has 1 aliphatic heterocycles. The molecule has 4 atom stereocenters. The third-order valence-corrected chi connectivity index (χ3v) is 6.39. The van der Waals surface area contributed by atoms with Crippen LogP contribution in [0.4, 0.5) is 5.69 Å². The van der Waals surface area contributed by atoms with Gasteiger partial charge in [0.15, 0.2) is 0 Å². The SMILES string of the molecule is Cc1ccccc1N1C(=O)[C@@H]2[C@H](C1=O)[C@@H]1C=C[C@@H]2C1=C1CCCC1. The topological polar surface area (TPSA) is 37.4 Å². The lowest BCUT2D eigenvalue weighted by Crippen LogP contribution is -2.33. The lowest BCUT2D eigenvalue weighted by atomic mass is 9.85. The molecule has 3 fully saturated rings. The quantitative estimate of drug-likeness (QED) is 0.583. The maximum absolute atomic E-state index is 13.1. The van der Waals surface area contributed by atoms with E-state index >= 15 is 0 Å². The third kappa shape index (κ3) is 1.68. The lowest BCUT2D eigenvalue weighted by Gasteiger charge is -2.21. The molecular formula is C21H21NO2. The Balaban J connectivity index is 1.57. The van der Waals surface area contributed by atoms with Crippen LogP contribution in [-0.4, -0.2) is 11.8 Å². The minimum atomic E-state index is -0.171. The van der Waals surface area contributed by atoms with Crippen LogP contribution in [0.15, 0.2) is 47.6 Å². The summed E-state index contributed by atoms with van der Waals surface area (Å²) in [6.07, 6.45) is 9.22. The first kappa shape index (κ1) is 14.2. The molecule has 0 unspecified atom stereocenters. The molecule has 122 valence electrons. The zero-order valence-electron chi connectivity index (χ0n) is 13.9. The summed E-state index contributed by atoms with van der Waals surface area (Å²) in [7, 11) is 0. The maximum Gasteiger partial charge on any atom is 0.238 e. The molecule has 0 N–H and O–H groups in total.